The van der Waals surface area contributed by atoms with Crippen LogP contribution >= 0.6 is 0 Å². The van der Waals surface area contributed by atoms with Gasteiger partial charge in [-0.2, -0.15) is 10.1 Å². The van der Waals surface area contributed by atoms with Gasteiger partial charge in [0.15, 0.2) is 5.65 Å². The van der Waals surface area contributed by atoms with Gasteiger partial charge in [-0.15, -0.1) is 0 Å². The predicted octanol–water partition coefficient (Wildman–Crippen LogP) is 3.34. The number of hydrogen-bond donors (Lipinski definition) is 2. The maximum atomic E-state index is 13.1. The molecule has 1 fully saturated rings. The molecule has 4 aromatic rings. The van der Waals surface area contributed by atoms with Gasteiger partial charge in [-0.05, 0) is 63.7 Å². The van der Waals surface area contributed by atoms with Crippen molar-refractivity contribution in [2.24, 2.45) is 0 Å². The third kappa shape index (κ3) is 4.50. The molecule has 1 aliphatic heterocycles. The molecule has 10 heteroatoms. The molecule has 1 aliphatic rings. The first-order valence-corrected chi connectivity index (χ1v) is 11.8. The van der Waals surface area contributed by atoms with Gasteiger partial charge in [0.1, 0.15) is 0 Å². The molecule has 1 atom stereocenters. The fraction of sp³-hybridized carbons (Fsp3) is 0.269. The molecule has 4 heterocycles. The molecule has 5 rings (SSSR count). The first kappa shape index (κ1) is 23.4. The molecular formula is C26H28N8O2. The summed E-state index contributed by atoms with van der Waals surface area (Å²) in [6.07, 6.45) is 5.95. The maximum Gasteiger partial charge on any atom is 0.257 e. The third-order valence-corrected chi connectivity index (χ3v) is 6.43. The Balaban J connectivity index is 1.54. The summed E-state index contributed by atoms with van der Waals surface area (Å²) in [6.45, 7) is 9.30. The average Bonchev–Trinajstić information content (AvgIpc) is 3.44. The lowest BCUT2D eigenvalue weighted by Crippen LogP contribution is -2.20. The third-order valence-electron chi connectivity index (χ3n) is 6.43. The Morgan fingerprint density at radius 2 is 2.08 bits per heavy atom. The first-order chi connectivity index (χ1) is 17.3. The van der Waals surface area contributed by atoms with Gasteiger partial charge in [-0.3, -0.25) is 18.8 Å². The van der Waals surface area contributed by atoms with Crippen molar-refractivity contribution in [1.29, 1.82) is 0 Å². The molecule has 36 heavy (non-hydrogen) atoms. The fourth-order valence-corrected chi connectivity index (χ4v) is 4.52. The highest BCUT2D eigenvalue weighted by Gasteiger charge is 2.23. The van der Waals surface area contributed by atoms with E-state index in [1.807, 2.05) is 24.7 Å². The molecule has 2 N–H and O–H groups in total. The summed E-state index contributed by atoms with van der Waals surface area (Å²) in [7, 11) is 2.11. The van der Waals surface area contributed by atoms with E-state index < -0.39 is 0 Å². The van der Waals surface area contributed by atoms with Gasteiger partial charge >= 0.3 is 0 Å². The number of anilines is 3. The van der Waals surface area contributed by atoms with Gasteiger partial charge in [0, 0.05) is 36.1 Å². The van der Waals surface area contributed by atoms with Crippen molar-refractivity contribution in [1.82, 2.24) is 29.2 Å². The Labute approximate surface area is 208 Å². The van der Waals surface area contributed by atoms with E-state index in [1.54, 1.807) is 36.5 Å². The molecule has 0 bridgehead atoms. The zero-order valence-corrected chi connectivity index (χ0v) is 20.5. The van der Waals surface area contributed by atoms with E-state index in [0.29, 0.717) is 29.0 Å². The first-order valence-electron chi connectivity index (χ1n) is 11.8. The van der Waals surface area contributed by atoms with Crippen LogP contribution in [0.5, 0.6) is 0 Å². The van der Waals surface area contributed by atoms with Crippen LogP contribution < -0.4 is 16.2 Å². The topological polar surface area (TPSA) is 110 Å². The molecule has 1 unspecified atom stereocenters. The lowest BCUT2D eigenvalue weighted by atomic mass is 10.2. The van der Waals surface area contributed by atoms with Crippen LogP contribution in [0.15, 0.2) is 60.2 Å². The number of carbonyl (C=O) groups excluding carboxylic acids is 1. The number of hydrogen-bond acceptors (Lipinski definition) is 7. The van der Waals surface area contributed by atoms with Gasteiger partial charge in [0.25, 0.3) is 5.56 Å². The van der Waals surface area contributed by atoms with Crippen LogP contribution in [0.4, 0.5) is 17.3 Å². The molecule has 0 aliphatic carbocycles. The Morgan fingerprint density at radius 1 is 1.25 bits per heavy atom. The second kappa shape index (κ2) is 9.38. The summed E-state index contributed by atoms with van der Waals surface area (Å²) in [5, 5.41) is 11.5. The van der Waals surface area contributed by atoms with Crippen molar-refractivity contribution in [3.63, 3.8) is 0 Å². The Morgan fingerprint density at radius 3 is 2.83 bits per heavy atom. The van der Waals surface area contributed by atoms with Crippen molar-refractivity contribution < 1.29 is 4.79 Å². The molecule has 10 nitrogen and oxygen atoms in total. The van der Waals surface area contributed by atoms with Crippen molar-refractivity contribution in [2.45, 2.75) is 26.3 Å². The smallest absolute Gasteiger partial charge is 0.257 e. The quantitative estimate of drug-likeness (QED) is 0.404. The summed E-state index contributed by atoms with van der Waals surface area (Å²) in [5.41, 5.74) is 3.80. The number of amides is 1. The van der Waals surface area contributed by atoms with E-state index in [1.165, 1.54) is 10.6 Å². The second-order valence-electron chi connectivity index (χ2n) is 9.11. The lowest BCUT2D eigenvalue weighted by Gasteiger charge is -2.13. The molecule has 1 amide bonds. The van der Waals surface area contributed by atoms with Crippen LogP contribution in [-0.4, -0.2) is 55.3 Å². The summed E-state index contributed by atoms with van der Waals surface area (Å²) >= 11 is 0. The van der Waals surface area contributed by atoms with Gasteiger partial charge in [0.2, 0.25) is 11.9 Å². The van der Waals surface area contributed by atoms with Crippen LogP contribution in [0, 0.1) is 13.8 Å². The molecule has 1 aromatic carbocycles. The van der Waals surface area contributed by atoms with Crippen LogP contribution in [0.1, 0.15) is 23.7 Å². The zero-order chi connectivity index (χ0) is 25.4. The summed E-state index contributed by atoms with van der Waals surface area (Å²) in [6, 6.07) is 8.92. The van der Waals surface area contributed by atoms with Gasteiger partial charge in [0.05, 0.1) is 23.1 Å². The fourth-order valence-electron chi connectivity index (χ4n) is 4.52. The summed E-state index contributed by atoms with van der Waals surface area (Å²) in [5.74, 6) is 0.0331. The molecule has 0 saturated carbocycles. The number of carbonyl (C=O) groups is 1. The number of aromatic nitrogens is 5. The minimum atomic E-state index is -0.331. The van der Waals surface area contributed by atoms with Crippen LogP contribution in [0.25, 0.3) is 16.7 Å². The van der Waals surface area contributed by atoms with Gasteiger partial charge in [-0.25, -0.2) is 4.98 Å². The van der Waals surface area contributed by atoms with Crippen LogP contribution in [0.2, 0.25) is 0 Å². The van der Waals surface area contributed by atoms with E-state index in [4.69, 9.17) is 10.1 Å². The number of nitrogens with one attached hydrogen (secondary N) is 2. The minimum absolute atomic E-state index is 0.230. The number of rotatable bonds is 6. The predicted molar refractivity (Wildman–Crippen MR) is 140 cm³/mol. The van der Waals surface area contributed by atoms with Crippen LogP contribution in [-0.2, 0) is 4.79 Å². The summed E-state index contributed by atoms with van der Waals surface area (Å²) < 4.78 is 3.52. The number of nitrogens with zero attached hydrogens (tertiary/aromatic N) is 6. The molecule has 0 spiro atoms. The molecule has 3 aromatic heterocycles. The van der Waals surface area contributed by atoms with Crippen molar-refractivity contribution >= 4 is 34.3 Å². The van der Waals surface area contributed by atoms with E-state index >= 15 is 0 Å². The second-order valence-corrected chi connectivity index (χ2v) is 9.11. The highest BCUT2D eigenvalue weighted by atomic mass is 16.1. The molecule has 0 radical (unpaired) electrons. The number of likely N-dealkylation sites (N-methyl/N-ethyl adjacent to an activating group) is 1. The van der Waals surface area contributed by atoms with Crippen molar-refractivity contribution in [3.8, 4) is 5.69 Å². The largest absolute Gasteiger partial charge is 0.322 e. The van der Waals surface area contributed by atoms with E-state index in [-0.39, 0.29) is 11.5 Å². The minimum Gasteiger partial charge on any atom is -0.322 e. The highest BCUT2D eigenvalue weighted by Crippen LogP contribution is 2.26. The van der Waals surface area contributed by atoms with Crippen LogP contribution in [0.3, 0.4) is 0 Å². The maximum absolute atomic E-state index is 13.1. The molecule has 1 saturated heterocycles. The summed E-state index contributed by atoms with van der Waals surface area (Å²) in [4.78, 5) is 36.4. The van der Waals surface area contributed by atoms with E-state index in [9.17, 15) is 9.59 Å². The number of likely N-dealkylation sites (tertiary alicyclic amines) is 1. The zero-order valence-electron chi connectivity index (χ0n) is 20.5. The SMILES string of the molecule is C=CC(=O)Nc1cccc(-n2c(=O)cc(C)c3cnc(Nc4cn(C5CCN(C)C5)nc4C)nc32)c1. The lowest BCUT2D eigenvalue weighted by molar-refractivity contribution is -0.111. The monoisotopic (exact) mass is 484 g/mol. The molecular weight excluding hydrogens is 456 g/mol. The van der Waals surface area contributed by atoms with Crippen molar-refractivity contribution in [3.05, 3.63) is 77.0 Å². The van der Waals surface area contributed by atoms with Crippen molar-refractivity contribution in [2.75, 3.05) is 30.8 Å². The normalized spacial score (nSPS) is 15.8. The van der Waals surface area contributed by atoms with E-state index in [2.05, 4.69) is 34.1 Å². The van der Waals surface area contributed by atoms with E-state index in [0.717, 1.165) is 41.8 Å². The van der Waals surface area contributed by atoms with Gasteiger partial charge in [-0.1, -0.05) is 12.6 Å². The average molecular weight is 485 g/mol. The Bertz CT molecular complexity index is 1540. The number of fused-ring (bicyclic) bond motifs is 1. The highest BCUT2D eigenvalue weighted by molar-refractivity contribution is 5.99. The number of aryl methyl sites for hydroxylation is 2. The Hall–Kier alpha value is -4.31. The Kier molecular flexibility index (Phi) is 6.11. The number of benzene rings is 1. The number of pyridine rings is 1. The van der Waals surface area contributed by atoms with Gasteiger partial charge < -0.3 is 15.5 Å². The standard InChI is InChI=1S/C26H28N8O2/c1-5-23(35)28-18-7-6-8-19(12-18)34-24(36)11-16(2)21-13-27-26(30-25(21)34)29-22-15-33(31-17(22)3)20-9-10-32(4)14-20/h5-8,11-13,15,20H,1,9-10,14H2,2-4H3,(H,28,35)(H,27,29,30). The molecule has 184 valence electrons.